The number of methoxy groups -OCH3 is 1. The van der Waals surface area contributed by atoms with E-state index in [2.05, 4.69) is 9.88 Å². The smallest absolute Gasteiger partial charge is 0.328 e. The van der Waals surface area contributed by atoms with E-state index in [1.54, 1.807) is 6.20 Å². The highest BCUT2D eigenvalue weighted by Gasteiger charge is 2.35. The van der Waals surface area contributed by atoms with Gasteiger partial charge in [0.2, 0.25) is 0 Å². The number of carbonyl (C=O) groups excluding carboxylic acids is 1. The van der Waals surface area contributed by atoms with Gasteiger partial charge in [0.05, 0.1) is 18.3 Å². The minimum Gasteiger partial charge on any atom is -0.467 e. The van der Waals surface area contributed by atoms with Gasteiger partial charge in [0, 0.05) is 18.1 Å². The van der Waals surface area contributed by atoms with E-state index >= 15 is 0 Å². The lowest BCUT2D eigenvalue weighted by Gasteiger charge is -2.40. The molecule has 1 saturated heterocycles. The van der Waals surface area contributed by atoms with Gasteiger partial charge in [-0.1, -0.05) is 18.2 Å². The van der Waals surface area contributed by atoms with Gasteiger partial charge in [-0.3, -0.25) is 4.98 Å². The number of pyridine rings is 1. The monoisotopic (exact) mass is 242 g/mol. The summed E-state index contributed by atoms with van der Waals surface area (Å²) in [4.78, 5) is 18.1. The number of ether oxygens (including phenoxy) is 1. The predicted molar refractivity (Wildman–Crippen MR) is 69.5 cm³/mol. The summed E-state index contributed by atoms with van der Waals surface area (Å²) in [5.74, 6) is -0.172. The van der Waals surface area contributed by atoms with Crippen molar-refractivity contribution in [3.8, 4) is 0 Å². The number of rotatable bonds is 2. The minimum atomic E-state index is -0.172. The Labute approximate surface area is 105 Å². The standard InChI is InChI=1S/C14H14N2O2/c1-18-14(17)12-7-9-16(12)11-6-2-4-10-5-3-8-15-13(10)11/h2-6,8,12H,7,9H2,1H3. The molecule has 0 saturated carbocycles. The highest BCUT2D eigenvalue weighted by molar-refractivity contribution is 5.93. The minimum absolute atomic E-state index is 0.164. The third kappa shape index (κ3) is 1.61. The Kier molecular flexibility index (Phi) is 2.63. The van der Waals surface area contributed by atoms with Crippen molar-refractivity contribution in [2.24, 2.45) is 0 Å². The number of benzene rings is 1. The lowest BCUT2D eigenvalue weighted by molar-refractivity contribution is -0.143. The molecule has 0 spiro atoms. The first-order valence-electron chi connectivity index (χ1n) is 5.99. The van der Waals surface area contributed by atoms with Crippen molar-refractivity contribution >= 4 is 22.6 Å². The zero-order valence-corrected chi connectivity index (χ0v) is 10.2. The van der Waals surface area contributed by atoms with Gasteiger partial charge in [0.25, 0.3) is 0 Å². The van der Waals surface area contributed by atoms with Crippen molar-refractivity contribution in [1.82, 2.24) is 4.98 Å². The fourth-order valence-corrected chi connectivity index (χ4v) is 2.38. The summed E-state index contributed by atoms with van der Waals surface area (Å²) in [7, 11) is 1.43. The maximum atomic E-state index is 11.6. The number of hydrogen-bond donors (Lipinski definition) is 0. The second-order valence-electron chi connectivity index (χ2n) is 4.37. The van der Waals surface area contributed by atoms with Crippen molar-refractivity contribution in [3.05, 3.63) is 36.5 Å². The van der Waals surface area contributed by atoms with E-state index in [9.17, 15) is 4.79 Å². The summed E-state index contributed by atoms with van der Waals surface area (Å²) in [5.41, 5.74) is 1.95. The maximum absolute atomic E-state index is 11.6. The number of nitrogens with zero attached hydrogens (tertiary/aromatic N) is 2. The van der Waals surface area contributed by atoms with Crippen LogP contribution in [0.15, 0.2) is 36.5 Å². The highest BCUT2D eigenvalue weighted by atomic mass is 16.5. The third-order valence-corrected chi connectivity index (χ3v) is 3.41. The van der Waals surface area contributed by atoms with E-state index < -0.39 is 0 Å². The first kappa shape index (κ1) is 11.0. The zero-order valence-electron chi connectivity index (χ0n) is 10.2. The van der Waals surface area contributed by atoms with Gasteiger partial charge in [0.1, 0.15) is 6.04 Å². The molecule has 1 aliphatic heterocycles. The Hall–Kier alpha value is -2.10. The summed E-state index contributed by atoms with van der Waals surface area (Å²) >= 11 is 0. The molecule has 0 aliphatic carbocycles. The lowest BCUT2D eigenvalue weighted by Crippen LogP contribution is -2.53. The number of aromatic nitrogens is 1. The van der Waals surface area contributed by atoms with Crippen molar-refractivity contribution < 1.29 is 9.53 Å². The van der Waals surface area contributed by atoms with Crippen LogP contribution in [-0.2, 0) is 9.53 Å². The molecular weight excluding hydrogens is 228 g/mol. The molecule has 0 bridgehead atoms. The van der Waals surface area contributed by atoms with Crippen LogP contribution in [0.1, 0.15) is 6.42 Å². The van der Waals surface area contributed by atoms with E-state index in [1.165, 1.54) is 7.11 Å². The summed E-state index contributed by atoms with van der Waals surface area (Å²) in [5, 5.41) is 1.09. The second-order valence-corrected chi connectivity index (χ2v) is 4.37. The Morgan fingerprint density at radius 2 is 2.22 bits per heavy atom. The first-order chi connectivity index (χ1) is 8.81. The molecule has 2 heterocycles. The molecule has 0 N–H and O–H groups in total. The van der Waals surface area contributed by atoms with E-state index in [4.69, 9.17) is 4.74 Å². The fraction of sp³-hybridized carbons (Fsp3) is 0.286. The topological polar surface area (TPSA) is 42.4 Å². The van der Waals surface area contributed by atoms with Crippen LogP contribution in [0, 0.1) is 0 Å². The number of anilines is 1. The molecule has 4 nitrogen and oxygen atoms in total. The van der Waals surface area contributed by atoms with Crippen LogP contribution in [0.25, 0.3) is 10.9 Å². The van der Waals surface area contributed by atoms with Gasteiger partial charge in [0.15, 0.2) is 0 Å². The molecule has 1 fully saturated rings. The zero-order chi connectivity index (χ0) is 12.5. The average Bonchev–Trinajstić information content (AvgIpc) is 2.38. The molecule has 1 atom stereocenters. The summed E-state index contributed by atoms with van der Waals surface area (Å²) in [6.07, 6.45) is 2.62. The van der Waals surface area contributed by atoms with Gasteiger partial charge >= 0.3 is 5.97 Å². The van der Waals surface area contributed by atoms with Crippen LogP contribution in [0.4, 0.5) is 5.69 Å². The molecule has 1 unspecified atom stereocenters. The van der Waals surface area contributed by atoms with Crippen molar-refractivity contribution in [3.63, 3.8) is 0 Å². The fourth-order valence-electron chi connectivity index (χ4n) is 2.38. The average molecular weight is 242 g/mol. The second kappa shape index (κ2) is 4.29. The Morgan fingerprint density at radius 1 is 1.39 bits per heavy atom. The van der Waals surface area contributed by atoms with Gasteiger partial charge in [-0.25, -0.2) is 4.79 Å². The third-order valence-electron chi connectivity index (χ3n) is 3.41. The molecule has 0 amide bonds. The maximum Gasteiger partial charge on any atom is 0.328 e. The van der Waals surface area contributed by atoms with Gasteiger partial charge in [-0.05, 0) is 18.6 Å². The lowest BCUT2D eigenvalue weighted by atomic mass is 10.0. The molecule has 2 aromatic rings. The van der Waals surface area contributed by atoms with Crippen LogP contribution < -0.4 is 4.90 Å². The van der Waals surface area contributed by atoms with Crippen LogP contribution in [-0.4, -0.2) is 30.6 Å². The normalized spacial score (nSPS) is 18.5. The Bertz CT molecular complexity index is 592. The Morgan fingerprint density at radius 3 is 2.94 bits per heavy atom. The predicted octanol–water partition coefficient (Wildman–Crippen LogP) is 1.99. The molecule has 1 aromatic heterocycles. The van der Waals surface area contributed by atoms with Crippen molar-refractivity contribution in [2.75, 3.05) is 18.6 Å². The number of esters is 1. The van der Waals surface area contributed by atoms with E-state index in [1.807, 2.05) is 30.3 Å². The summed E-state index contributed by atoms with van der Waals surface area (Å²) in [6.45, 7) is 0.870. The molecule has 4 heteroatoms. The molecule has 1 aromatic carbocycles. The molecule has 3 rings (SSSR count). The van der Waals surface area contributed by atoms with Crippen LogP contribution >= 0.6 is 0 Å². The highest BCUT2D eigenvalue weighted by Crippen LogP contribution is 2.32. The summed E-state index contributed by atoms with van der Waals surface area (Å²) < 4.78 is 4.82. The van der Waals surface area contributed by atoms with Gasteiger partial charge in [-0.2, -0.15) is 0 Å². The molecule has 1 aliphatic rings. The van der Waals surface area contributed by atoms with Crippen LogP contribution in [0.2, 0.25) is 0 Å². The van der Waals surface area contributed by atoms with Crippen LogP contribution in [0.3, 0.4) is 0 Å². The molecule has 18 heavy (non-hydrogen) atoms. The van der Waals surface area contributed by atoms with Crippen molar-refractivity contribution in [1.29, 1.82) is 0 Å². The number of hydrogen-bond acceptors (Lipinski definition) is 4. The van der Waals surface area contributed by atoms with Gasteiger partial charge in [-0.15, -0.1) is 0 Å². The van der Waals surface area contributed by atoms with Crippen molar-refractivity contribution in [2.45, 2.75) is 12.5 Å². The molecular formula is C14H14N2O2. The first-order valence-corrected chi connectivity index (χ1v) is 5.99. The van der Waals surface area contributed by atoms with E-state index in [0.717, 1.165) is 29.6 Å². The SMILES string of the molecule is COC(=O)C1CCN1c1cccc2cccnc12. The summed E-state index contributed by atoms with van der Waals surface area (Å²) in [6, 6.07) is 9.80. The van der Waals surface area contributed by atoms with Gasteiger partial charge < -0.3 is 9.64 Å². The molecule has 92 valence electrons. The quantitative estimate of drug-likeness (QED) is 0.755. The number of fused-ring (bicyclic) bond motifs is 1. The largest absolute Gasteiger partial charge is 0.467 e. The number of para-hydroxylation sites is 1. The van der Waals surface area contributed by atoms with Crippen LogP contribution in [0.5, 0.6) is 0 Å². The number of carbonyl (C=O) groups is 1. The molecule has 0 radical (unpaired) electrons. The van der Waals surface area contributed by atoms with E-state index in [0.29, 0.717) is 0 Å². The Balaban J connectivity index is 2.02. The van der Waals surface area contributed by atoms with E-state index in [-0.39, 0.29) is 12.0 Å².